The molecule has 5 nitrogen and oxygen atoms in total. The number of hydrogen-bond donors (Lipinski definition) is 1. The summed E-state index contributed by atoms with van der Waals surface area (Å²) in [6.07, 6.45) is 2.28. The summed E-state index contributed by atoms with van der Waals surface area (Å²) >= 11 is 0. The zero-order valence-electron chi connectivity index (χ0n) is 10.9. The van der Waals surface area contributed by atoms with Gasteiger partial charge in [-0.05, 0) is 37.8 Å². The molecule has 2 N–H and O–H groups in total. The fourth-order valence-corrected chi connectivity index (χ4v) is 2.76. The third kappa shape index (κ3) is 3.33. The highest BCUT2D eigenvalue weighted by Crippen LogP contribution is 2.30. The standard InChI is InChI=1S/C13H18N2O3S/c1-2-15(9-10-7-8-10)13(16)11-5-3-4-6-12(11)19(14,17)18/h3-6,10H,2,7-9H2,1H3,(H2,14,17,18). The van der Waals surface area contributed by atoms with Gasteiger partial charge in [0.25, 0.3) is 5.91 Å². The molecular weight excluding hydrogens is 264 g/mol. The van der Waals surface area contributed by atoms with E-state index in [-0.39, 0.29) is 16.4 Å². The topological polar surface area (TPSA) is 80.5 Å². The molecule has 1 saturated carbocycles. The second-order valence-corrected chi connectivity index (χ2v) is 6.36. The lowest BCUT2D eigenvalue weighted by Gasteiger charge is -2.21. The largest absolute Gasteiger partial charge is 0.339 e. The number of sulfonamides is 1. The van der Waals surface area contributed by atoms with Gasteiger partial charge in [0.15, 0.2) is 0 Å². The van der Waals surface area contributed by atoms with Crippen molar-refractivity contribution >= 4 is 15.9 Å². The highest BCUT2D eigenvalue weighted by atomic mass is 32.2. The van der Waals surface area contributed by atoms with Crippen molar-refractivity contribution in [2.75, 3.05) is 13.1 Å². The first kappa shape index (κ1) is 14.0. The molecule has 0 unspecified atom stereocenters. The van der Waals surface area contributed by atoms with Crippen molar-refractivity contribution in [3.05, 3.63) is 29.8 Å². The van der Waals surface area contributed by atoms with E-state index in [1.807, 2.05) is 6.92 Å². The van der Waals surface area contributed by atoms with E-state index in [4.69, 9.17) is 5.14 Å². The summed E-state index contributed by atoms with van der Waals surface area (Å²) in [7, 11) is -3.88. The molecule has 104 valence electrons. The van der Waals surface area contributed by atoms with E-state index >= 15 is 0 Å². The summed E-state index contributed by atoms with van der Waals surface area (Å²) in [5.41, 5.74) is 0.160. The van der Waals surface area contributed by atoms with E-state index in [9.17, 15) is 13.2 Å². The Hall–Kier alpha value is -1.40. The van der Waals surface area contributed by atoms with Gasteiger partial charge >= 0.3 is 0 Å². The summed E-state index contributed by atoms with van der Waals surface area (Å²) in [5.74, 6) is 0.296. The first-order valence-electron chi connectivity index (χ1n) is 6.34. The molecule has 19 heavy (non-hydrogen) atoms. The van der Waals surface area contributed by atoms with Crippen LogP contribution in [0.25, 0.3) is 0 Å². The molecular formula is C13H18N2O3S. The van der Waals surface area contributed by atoms with Crippen molar-refractivity contribution < 1.29 is 13.2 Å². The van der Waals surface area contributed by atoms with Gasteiger partial charge < -0.3 is 4.90 Å². The molecule has 1 aromatic rings. The highest BCUT2D eigenvalue weighted by molar-refractivity contribution is 7.89. The van der Waals surface area contributed by atoms with Crippen LogP contribution < -0.4 is 5.14 Å². The van der Waals surface area contributed by atoms with E-state index in [0.29, 0.717) is 19.0 Å². The first-order chi connectivity index (χ1) is 8.93. The fraction of sp³-hybridized carbons (Fsp3) is 0.462. The van der Waals surface area contributed by atoms with Gasteiger partial charge in [-0.3, -0.25) is 4.79 Å². The predicted molar refractivity (Wildman–Crippen MR) is 72.1 cm³/mol. The lowest BCUT2D eigenvalue weighted by atomic mass is 10.2. The number of carbonyl (C=O) groups is 1. The molecule has 1 aliphatic rings. The zero-order chi connectivity index (χ0) is 14.0. The summed E-state index contributed by atoms with van der Waals surface area (Å²) in [4.78, 5) is 14.0. The van der Waals surface area contributed by atoms with E-state index in [2.05, 4.69) is 0 Å². The van der Waals surface area contributed by atoms with Gasteiger partial charge in [-0.25, -0.2) is 13.6 Å². The minimum absolute atomic E-state index is 0.103. The molecule has 0 aromatic heterocycles. The van der Waals surface area contributed by atoms with Gasteiger partial charge in [0.2, 0.25) is 10.0 Å². The SMILES string of the molecule is CCN(CC1CC1)C(=O)c1ccccc1S(N)(=O)=O. The number of benzene rings is 1. The second kappa shape index (κ2) is 5.30. The molecule has 0 atom stereocenters. The number of hydrogen-bond acceptors (Lipinski definition) is 3. The minimum atomic E-state index is -3.88. The minimum Gasteiger partial charge on any atom is -0.339 e. The molecule has 0 bridgehead atoms. The van der Waals surface area contributed by atoms with E-state index < -0.39 is 10.0 Å². The van der Waals surface area contributed by atoms with E-state index in [0.717, 1.165) is 12.8 Å². The van der Waals surface area contributed by atoms with E-state index in [1.54, 1.807) is 17.0 Å². The maximum atomic E-state index is 12.4. The monoisotopic (exact) mass is 282 g/mol. The summed E-state index contributed by atoms with van der Waals surface area (Å²) < 4.78 is 23.0. The maximum Gasteiger partial charge on any atom is 0.255 e. The molecule has 0 radical (unpaired) electrons. The third-order valence-corrected chi connectivity index (χ3v) is 4.24. The number of carbonyl (C=O) groups excluding carboxylic acids is 1. The Morgan fingerprint density at radius 2 is 2.00 bits per heavy atom. The second-order valence-electron chi connectivity index (χ2n) is 4.83. The molecule has 6 heteroatoms. The number of amides is 1. The average Bonchev–Trinajstić information content (AvgIpc) is 3.18. The Bertz CT molecular complexity index is 579. The van der Waals surface area contributed by atoms with Crippen LogP contribution in [0.2, 0.25) is 0 Å². The highest BCUT2D eigenvalue weighted by Gasteiger charge is 2.28. The van der Waals surface area contributed by atoms with E-state index in [1.165, 1.54) is 12.1 Å². The molecule has 1 aromatic carbocycles. The van der Waals surface area contributed by atoms with Gasteiger partial charge in [0, 0.05) is 13.1 Å². The normalized spacial score (nSPS) is 15.3. The summed E-state index contributed by atoms with van der Waals surface area (Å²) in [6, 6.07) is 6.09. The van der Waals surface area contributed by atoms with Crippen molar-refractivity contribution in [3.63, 3.8) is 0 Å². The van der Waals surface area contributed by atoms with Crippen LogP contribution in [0.4, 0.5) is 0 Å². The average molecular weight is 282 g/mol. The van der Waals surface area contributed by atoms with Crippen LogP contribution in [0.1, 0.15) is 30.1 Å². The smallest absolute Gasteiger partial charge is 0.255 e. The molecule has 1 amide bonds. The van der Waals surface area contributed by atoms with Gasteiger partial charge in [-0.2, -0.15) is 0 Å². The van der Waals surface area contributed by atoms with Crippen LogP contribution in [0.15, 0.2) is 29.2 Å². The van der Waals surface area contributed by atoms with Crippen LogP contribution >= 0.6 is 0 Å². The Kier molecular flexibility index (Phi) is 3.91. The van der Waals surface area contributed by atoms with Gasteiger partial charge in [0.1, 0.15) is 0 Å². The molecule has 1 aliphatic carbocycles. The van der Waals surface area contributed by atoms with Gasteiger partial charge in [-0.15, -0.1) is 0 Å². The van der Waals surface area contributed by atoms with Crippen molar-refractivity contribution in [3.8, 4) is 0 Å². The number of primary sulfonamides is 1. The Morgan fingerprint density at radius 1 is 1.37 bits per heavy atom. The molecule has 2 rings (SSSR count). The van der Waals surface area contributed by atoms with Crippen LogP contribution in [-0.4, -0.2) is 32.3 Å². The fourth-order valence-electron chi connectivity index (χ4n) is 2.03. The quantitative estimate of drug-likeness (QED) is 0.881. The Morgan fingerprint density at radius 3 is 2.53 bits per heavy atom. The maximum absolute atomic E-state index is 12.4. The van der Waals surface area contributed by atoms with Crippen molar-refractivity contribution in [2.45, 2.75) is 24.7 Å². The summed E-state index contributed by atoms with van der Waals surface area (Å²) in [6.45, 7) is 3.14. The summed E-state index contributed by atoms with van der Waals surface area (Å²) in [5, 5.41) is 5.15. The molecule has 0 aliphatic heterocycles. The van der Waals surface area contributed by atoms with Crippen LogP contribution in [0.3, 0.4) is 0 Å². The molecule has 1 fully saturated rings. The van der Waals surface area contributed by atoms with Crippen molar-refractivity contribution in [1.82, 2.24) is 4.90 Å². The molecule has 0 heterocycles. The predicted octanol–water partition coefficient (Wildman–Crippen LogP) is 1.21. The zero-order valence-corrected chi connectivity index (χ0v) is 11.7. The van der Waals surface area contributed by atoms with Crippen LogP contribution in [-0.2, 0) is 10.0 Å². The molecule has 0 saturated heterocycles. The Balaban J connectivity index is 2.32. The Labute approximate surface area is 113 Å². The first-order valence-corrected chi connectivity index (χ1v) is 7.89. The number of rotatable bonds is 5. The van der Waals surface area contributed by atoms with Crippen molar-refractivity contribution in [1.29, 1.82) is 0 Å². The molecule has 0 spiro atoms. The number of nitrogens with two attached hydrogens (primary N) is 1. The third-order valence-electron chi connectivity index (χ3n) is 3.27. The van der Waals surface area contributed by atoms with Crippen LogP contribution in [0, 0.1) is 5.92 Å². The van der Waals surface area contributed by atoms with Gasteiger partial charge in [-0.1, -0.05) is 12.1 Å². The van der Waals surface area contributed by atoms with Crippen LogP contribution in [0.5, 0.6) is 0 Å². The van der Waals surface area contributed by atoms with Crippen molar-refractivity contribution in [2.24, 2.45) is 11.1 Å². The lowest BCUT2D eigenvalue weighted by Crippen LogP contribution is -2.34. The number of nitrogens with zero attached hydrogens (tertiary/aromatic N) is 1. The lowest BCUT2D eigenvalue weighted by molar-refractivity contribution is 0.0753. The van der Waals surface area contributed by atoms with Gasteiger partial charge in [0.05, 0.1) is 10.5 Å².